The van der Waals surface area contributed by atoms with E-state index in [1.165, 1.54) is 31.3 Å². The van der Waals surface area contributed by atoms with E-state index in [0.29, 0.717) is 11.3 Å². The largest absolute Gasteiger partial charge is 0.489 e. The Bertz CT molecular complexity index is 573. The molecule has 1 heterocycles. The SMILES string of the molecule is C[C@@H](O)c1ccc(OCc2cncc(F)c2)cc1F. The molecule has 0 radical (unpaired) electrons. The number of nitrogens with zero attached hydrogens (tertiary/aromatic N) is 1. The number of halogens is 2. The molecule has 100 valence electrons. The molecule has 1 atom stereocenters. The minimum Gasteiger partial charge on any atom is -0.489 e. The lowest BCUT2D eigenvalue weighted by Crippen LogP contribution is -2.00. The molecule has 3 nitrogen and oxygen atoms in total. The highest BCUT2D eigenvalue weighted by molar-refractivity contribution is 5.30. The van der Waals surface area contributed by atoms with Crippen molar-refractivity contribution in [2.45, 2.75) is 19.6 Å². The highest BCUT2D eigenvalue weighted by Gasteiger charge is 2.09. The number of pyridine rings is 1. The van der Waals surface area contributed by atoms with Crippen LogP contribution in [0.5, 0.6) is 5.75 Å². The van der Waals surface area contributed by atoms with Crippen LogP contribution in [0.4, 0.5) is 8.78 Å². The van der Waals surface area contributed by atoms with E-state index in [2.05, 4.69) is 4.98 Å². The molecular formula is C14H13F2NO2. The van der Waals surface area contributed by atoms with Gasteiger partial charge >= 0.3 is 0 Å². The number of aliphatic hydroxyl groups excluding tert-OH is 1. The molecule has 0 aliphatic rings. The average Bonchev–Trinajstić information content (AvgIpc) is 2.36. The fraction of sp³-hybridized carbons (Fsp3) is 0.214. The van der Waals surface area contributed by atoms with Gasteiger partial charge in [-0.05, 0) is 25.1 Å². The number of ether oxygens (including phenoxy) is 1. The average molecular weight is 265 g/mol. The number of hydrogen-bond donors (Lipinski definition) is 1. The van der Waals surface area contributed by atoms with Crippen molar-refractivity contribution in [3.05, 3.63) is 59.4 Å². The number of aromatic nitrogens is 1. The molecule has 0 saturated carbocycles. The molecule has 0 aliphatic heterocycles. The van der Waals surface area contributed by atoms with E-state index in [1.807, 2.05) is 0 Å². The quantitative estimate of drug-likeness (QED) is 0.924. The van der Waals surface area contributed by atoms with Gasteiger partial charge in [-0.1, -0.05) is 0 Å². The number of benzene rings is 1. The van der Waals surface area contributed by atoms with Crippen LogP contribution >= 0.6 is 0 Å². The van der Waals surface area contributed by atoms with Gasteiger partial charge in [0.05, 0.1) is 12.3 Å². The summed E-state index contributed by atoms with van der Waals surface area (Å²) in [5.74, 6) is -0.673. The Hall–Kier alpha value is -2.01. The van der Waals surface area contributed by atoms with E-state index < -0.39 is 17.7 Å². The first-order valence-electron chi connectivity index (χ1n) is 5.76. The molecular weight excluding hydrogens is 252 g/mol. The van der Waals surface area contributed by atoms with Crippen LogP contribution in [0.25, 0.3) is 0 Å². The van der Waals surface area contributed by atoms with Gasteiger partial charge in [0.2, 0.25) is 0 Å². The maximum atomic E-state index is 13.6. The van der Waals surface area contributed by atoms with Gasteiger partial charge in [-0.2, -0.15) is 0 Å². The molecule has 19 heavy (non-hydrogen) atoms. The zero-order valence-corrected chi connectivity index (χ0v) is 10.3. The van der Waals surface area contributed by atoms with Crippen molar-refractivity contribution < 1.29 is 18.6 Å². The molecule has 1 aromatic heterocycles. The molecule has 2 aromatic rings. The molecule has 0 bridgehead atoms. The predicted octanol–water partition coefficient (Wildman–Crippen LogP) is 2.99. The van der Waals surface area contributed by atoms with Crippen molar-refractivity contribution >= 4 is 0 Å². The van der Waals surface area contributed by atoms with Crippen molar-refractivity contribution in [3.8, 4) is 5.75 Å². The Morgan fingerprint density at radius 2 is 2.05 bits per heavy atom. The minimum atomic E-state index is -0.874. The summed E-state index contributed by atoms with van der Waals surface area (Å²) in [5.41, 5.74) is 0.764. The number of hydrogen-bond acceptors (Lipinski definition) is 3. The van der Waals surface area contributed by atoms with Gasteiger partial charge in [0, 0.05) is 23.4 Å². The fourth-order valence-corrected chi connectivity index (χ4v) is 1.64. The molecule has 0 saturated heterocycles. The van der Waals surface area contributed by atoms with E-state index in [9.17, 15) is 13.9 Å². The highest BCUT2D eigenvalue weighted by Crippen LogP contribution is 2.22. The molecule has 0 spiro atoms. The summed E-state index contributed by atoms with van der Waals surface area (Å²) in [4.78, 5) is 3.69. The van der Waals surface area contributed by atoms with Crippen molar-refractivity contribution in [3.63, 3.8) is 0 Å². The Kier molecular flexibility index (Phi) is 4.06. The normalized spacial score (nSPS) is 12.2. The number of rotatable bonds is 4. The van der Waals surface area contributed by atoms with E-state index in [4.69, 9.17) is 4.74 Å². The summed E-state index contributed by atoms with van der Waals surface area (Å²) in [5, 5.41) is 9.30. The Balaban J connectivity index is 2.06. The molecule has 1 N–H and O–H groups in total. The fourth-order valence-electron chi connectivity index (χ4n) is 1.64. The van der Waals surface area contributed by atoms with Gasteiger partial charge in [0.25, 0.3) is 0 Å². The summed E-state index contributed by atoms with van der Waals surface area (Å²) >= 11 is 0. The number of aliphatic hydroxyl groups is 1. The standard InChI is InChI=1S/C14H13F2NO2/c1-9(18)13-3-2-12(5-14(13)16)19-8-10-4-11(15)7-17-6-10/h2-7,9,18H,8H2,1H3/t9-/m1/s1. The van der Waals surface area contributed by atoms with Gasteiger partial charge in [0.15, 0.2) is 0 Å². The lowest BCUT2D eigenvalue weighted by Gasteiger charge is -2.10. The molecule has 2 rings (SSSR count). The molecule has 0 unspecified atom stereocenters. The smallest absolute Gasteiger partial charge is 0.141 e. The van der Waals surface area contributed by atoms with Crippen LogP contribution < -0.4 is 4.74 Å². The molecule has 5 heteroatoms. The van der Waals surface area contributed by atoms with E-state index >= 15 is 0 Å². The molecule has 0 fully saturated rings. The van der Waals surface area contributed by atoms with Crippen LogP contribution in [0.1, 0.15) is 24.2 Å². The summed E-state index contributed by atoms with van der Waals surface area (Å²) in [6.07, 6.45) is 1.70. The van der Waals surface area contributed by atoms with Crippen molar-refractivity contribution in [2.24, 2.45) is 0 Å². The molecule has 1 aromatic carbocycles. The topological polar surface area (TPSA) is 42.4 Å². The zero-order chi connectivity index (χ0) is 13.8. The maximum Gasteiger partial charge on any atom is 0.141 e. The monoisotopic (exact) mass is 265 g/mol. The van der Waals surface area contributed by atoms with Gasteiger partial charge in [0.1, 0.15) is 24.0 Å². The lowest BCUT2D eigenvalue weighted by atomic mass is 10.1. The van der Waals surface area contributed by atoms with Crippen LogP contribution in [-0.4, -0.2) is 10.1 Å². The third-order valence-corrected chi connectivity index (χ3v) is 2.59. The van der Waals surface area contributed by atoms with E-state index in [-0.39, 0.29) is 12.2 Å². The van der Waals surface area contributed by atoms with Crippen molar-refractivity contribution in [2.75, 3.05) is 0 Å². The van der Waals surface area contributed by atoms with Crippen molar-refractivity contribution in [1.82, 2.24) is 4.98 Å². The third kappa shape index (κ3) is 3.48. The van der Waals surface area contributed by atoms with Gasteiger partial charge in [-0.15, -0.1) is 0 Å². The summed E-state index contributed by atoms with van der Waals surface area (Å²) < 4.78 is 31.8. The van der Waals surface area contributed by atoms with Crippen LogP contribution in [0, 0.1) is 11.6 Å². The third-order valence-electron chi connectivity index (χ3n) is 2.59. The first-order valence-corrected chi connectivity index (χ1v) is 5.76. The van der Waals surface area contributed by atoms with E-state index in [0.717, 1.165) is 6.20 Å². The predicted molar refractivity (Wildman–Crippen MR) is 65.6 cm³/mol. The molecule has 0 aliphatic carbocycles. The van der Waals surface area contributed by atoms with Gasteiger partial charge in [-0.3, -0.25) is 4.98 Å². The first-order chi connectivity index (χ1) is 9.06. The Labute approximate surface area is 109 Å². The summed E-state index contributed by atoms with van der Waals surface area (Å²) in [7, 11) is 0. The zero-order valence-electron chi connectivity index (χ0n) is 10.3. The van der Waals surface area contributed by atoms with Crippen LogP contribution in [0.15, 0.2) is 36.7 Å². The second kappa shape index (κ2) is 5.75. The first kappa shape index (κ1) is 13.4. The summed E-state index contributed by atoms with van der Waals surface area (Å²) in [6.45, 7) is 1.58. The Morgan fingerprint density at radius 1 is 1.26 bits per heavy atom. The minimum absolute atomic E-state index is 0.0955. The highest BCUT2D eigenvalue weighted by atomic mass is 19.1. The van der Waals surface area contributed by atoms with Gasteiger partial charge in [-0.25, -0.2) is 8.78 Å². The van der Waals surface area contributed by atoms with Crippen molar-refractivity contribution in [1.29, 1.82) is 0 Å². The Morgan fingerprint density at radius 3 is 2.68 bits per heavy atom. The lowest BCUT2D eigenvalue weighted by molar-refractivity contribution is 0.194. The second-order valence-electron chi connectivity index (χ2n) is 4.16. The van der Waals surface area contributed by atoms with Crippen LogP contribution in [-0.2, 0) is 6.61 Å². The van der Waals surface area contributed by atoms with Crippen LogP contribution in [0.2, 0.25) is 0 Å². The second-order valence-corrected chi connectivity index (χ2v) is 4.16. The van der Waals surface area contributed by atoms with E-state index in [1.54, 1.807) is 6.07 Å². The maximum absolute atomic E-state index is 13.6. The molecule has 0 amide bonds. The van der Waals surface area contributed by atoms with Gasteiger partial charge < -0.3 is 9.84 Å². The van der Waals surface area contributed by atoms with Crippen LogP contribution in [0.3, 0.4) is 0 Å². The summed E-state index contributed by atoms with van der Waals surface area (Å²) in [6, 6.07) is 5.50.